The predicted molar refractivity (Wildman–Crippen MR) is 95.7 cm³/mol. The molecule has 2 aromatic carbocycles. The Balaban J connectivity index is 2.09. The number of benzene rings is 2. The van der Waals surface area contributed by atoms with Crippen LogP contribution >= 0.6 is 0 Å². The summed E-state index contributed by atoms with van der Waals surface area (Å²) in [6, 6.07) is 15.7. The molecule has 0 unspecified atom stereocenters. The number of nitrogens with two attached hydrogens (primary N) is 1. The van der Waals surface area contributed by atoms with Crippen molar-refractivity contribution in [1.82, 2.24) is 5.32 Å². The van der Waals surface area contributed by atoms with Crippen molar-refractivity contribution in [2.24, 2.45) is 5.14 Å². The number of rotatable bonds is 7. The third-order valence-corrected chi connectivity index (χ3v) is 4.54. The summed E-state index contributed by atoms with van der Waals surface area (Å²) in [5.41, 5.74) is 1.74. The molecule has 1 amide bonds. The van der Waals surface area contributed by atoms with Gasteiger partial charge < -0.3 is 5.32 Å². The van der Waals surface area contributed by atoms with Crippen LogP contribution in [0.15, 0.2) is 54.6 Å². The number of carbonyl (C=O) groups is 2. The first kappa shape index (κ1) is 18.8. The molecule has 0 aromatic heterocycles. The summed E-state index contributed by atoms with van der Waals surface area (Å²) in [5, 5.41) is 7.44. The number of sulfonamides is 1. The number of hydrogen-bond acceptors (Lipinski definition) is 4. The van der Waals surface area contributed by atoms with E-state index in [9.17, 15) is 18.0 Å². The summed E-state index contributed by atoms with van der Waals surface area (Å²) in [4.78, 5) is 24.6. The standard InChI is InChI=1S/C18H20N2O4S/c1-13(18(22)20-10-11-25(19,23)24)15-8-5-9-16(12-15)17(21)14-6-3-2-4-7-14/h2-9,12-13H,10-11H2,1H3,(H,20,22)(H2,19,23,24)/t13-/m1/s1. The van der Waals surface area contributed by atoms with Gasteiger partial charge >= 0.3 is 0 Å². The molecule has 132 valence electrons. The highest BCUT2D eigenvalue weighted by atomic mass is 32.2. The number of ketones is 1. The number of nitrogens with one attached hydrogen (secondary N) is 1. The van der Waals surface area contributed by atoms with Crippen LogP contribution in [0.1, 0.15) is 34.3 Å². The predicted octanol–water partition coefficient (Wildman–Crippen LogP) is 1.43. The van der Waals surface area contributed by atoms with Crippen LogP contribution in [-0.4, -0.2) is 32.4 Å². The third kappa shape index (κ3) is 5.51. The molecule has 0 spiro atoms. The van der Waals surface area contributed by atoms with E-state index < -0.39 is 15.9 Å². The molecular formula is C18H20N2O4S. The first-order valence-electron chi connectivity index (χ1n) is 7.76. The molecule has 3 N–H and O–H groups in total. The van der Waals surface area contributed by atoms with E-state index in [0.717, 1.165) is 0 Å². The topological polar surface area (TPSA) is 106 Å². The van der Waals surface area contributed by atoms with Gasteiger partial charge in [0, 0.05) is 17.7 Å². The molecule has 0 radical (unpaired) electrons. The maximum atomic E-state index is 12.5. The van der Waals surface area contributed by atoms with Crippen molar-refractivity contribution < 1.29 is 18.0 Å². The molecule has 6 nitrogen and oxygen atoms in total. The quantitative estimate of drug-likeness (QED) is 0.728. The van der Waals surface area contributed by atoms with Gasteiger partial charge in [0.25, 0.3) is 0 Å². The zero-order chi connectivity index (χ0) is 18.4. The molecule has 0 fully saturated rings. The lowest BCUT2D eigenvalue weighted by molar-refractivity contribution is -0.122. The minimum absolute atomic E-state index is 0.0509. The number of amides is 1. The van der Waals surface area contributed by atoms with Crippen molar-refractivity contribution in [3.05, 3.63) is 71.3 Å². The lowest BCUT2D eigenvalue weighted by Gasteiger charge is -2.13. The van der Waals surface area contributed by atoms with Gasteiger partial charge in [-0.05, 0) is 18.6 Å². The van der Waals surface area contributed by atoms with E-state index >= 15 is 0 Å². The molecule has 0 aliphatic carbocycles. The van der Waals surface area contributed by atoms with Gasteiger partial charge in [-0.3, -0.25) is 9.59 Å². The summed E-state index contributed by atoms with van der Waals surface area (Å²) < 4.78 is 21.8. The monoisotopic (exact) mass is 360 g/mol. The molecule has 1 atom stereocenters. The minimum Gasteiger partial charge on any atom is -0.355 e. The molecule has 0 aliphatic rings. The van der Waals surface area contributed by atoms with Gasteiger partial charge in [-0.15, -0.1) is 0 Å². The fourth-order valence-electron chi connectivity index (χ4n) is 2.33. The molecule has 0 saturated heterocycles. The number of carbonyl (C=O) groups excluding carboxylic acids is 2. The molecule has 7 heteroatoms. The maximum Gasteiger partial charge on any atom is 0.227 e. The first-order valence-corrected chi connectivity index (χ1v) is 9.47. The number of primary sulfonamides is 1. The van der Waals surface area contributed by atoms with Gasteiger partial charge in [-0.1, -0.05) is 48.5 Å². The number of hydrogen-bond donors (Lipinski definition) is 2. The highest BCUT2D eigenvalue weighted by Gasteiger charge is 2.17. The Bertz CT molecular complexity index is 864. The van der Waals surface area contributed by atoms with Gasteiger partial charge in [-0.25, -0.2) is 13.6 Å². The Kier molecular flexibility index (Phi) is 6.06. The van der Waals surface area contributed by atoms with E-state index in [0.29, 0.717) is 16.7 Å². The molecule has 0 heterocycles. The first-order chi connectivity index (χ1) is 11.8. The third-order valence-electron chi connectivity index (χ3n) is 3.76. The van der Waals surface area contributed by atoms with Crippen molar-refractivity contribution in [2.75, 3.05) is 12.3 Å². The SMILES string of the molecule is C[C@@H](C(=O)NCCS(N)(=O)=O)c1cccc(C(=O)c2ccccc2)c1. The van der Waals surface area contributed by atoms with Crippen molar-refractivity contribution >= 4 is 21.7 Å². The lowest BCUT2D eigenvalue weighted by atomic mass is 9.95. The second-order valence-corrected chi connectivity index (χ2v) is 7.43. The summed E-state index contributed by atoms with van der Waals surface area (Å²) >= 11 is 0. The van der Waals surface area contributed by atoms with Crippen LogP contribution in [0.4, 0.5) is 0 Å². The summed E-state index contributed by atoms with van der Waals surface area (Å²) in [6.07, 6.45) is 0. The van der Waals surface area contributed by atoms with Crippen molar-refractivity contribution in [2.45, 2.75) is 12.8 Å². The van der Waals surface area contributed by atoms with E-state index in [-0.39, 0.29) is 24.0 Å². The highest BCUT2D eigenvalue weighted by molar-refractivity contribution is 7.89. The van der Waals surface area contributed by atoms with Crippen LogP contribution in [-0.2, 0) is 14.8 Å². The van der Waals surface area contributed by atoms with E-state index in [2.05, 4.69) is 5.32 Å². The maximum absolute atomic E-state index is 12.5. The van der Waals surface area contributed by atoms with Gasteiger partial charge in [-0.2, -0.15) is 0 Å². The second kappa shape index (κ2) is 8.04. The molecule has 0 saturated carbocycles. The Morgan fingerprint density at radius 2 is 1.68 bits per heavy atom. The van der Waals surface area contributed by atoms with Crippen LogP contribution in [0.5, 0.6) is 0 Å². The smallest absolute Gasteiger partial charge is 0.227 e. The van der Waals surface area contributed by atoms with Gasteiger partial charge in [0.2, 0.25) is 15.9 Å². The Hall–Kier alpha value is -2.51. The van der Waals surface area contributed by atoms with Crippen molar-refractivity contribution in [1.29, 1.82) is 0 Å². The van der Waals surface area contributed by atoms with E-state index in [1.54, 1.807) is 55.5 Å². The van der Waals surface area contributed by atoms with Gasteiger partial charge in [0.1, 0.15) is 0 Å². The van der Waals surface area contributed by atoms with E-state index in [1.807, 2.05) is 6.07 Å². The Labute approximate surface area is 147 Å². The Morgan fingerprint density at radius 3 is 2.32 bits per heavy atom. The minimum atomic E-state index is -3.62. The molecular weight excluding hydrogens is 340 g/mol. The largest absolute Gasteiger partial charge is 0.355 e. The Morgan fingerprint density at radius 1 is 1.04 bits per heavy atom. The summed E-state index contributed by atoms with van der Waals surface area (Å²) in [5.74, 6) is -1.29. The van der Waals surface area contributed by atoms with E-state index in [4.69, 9.17) is 5.14 Å². The van der Waals surface area contributed by atoms with Crippen LogP contribution in [0.25, 0.3) is 0 Å². The molecule has 0 aliphatic heterocycles. The fourth-order valence-corrected chi connectivity index (χ4v) is 2.71. The van der Waals surface area contributed by atoms with Crippen LogP contribution in [0.3, 0.4) is 0 Å². The normalized spacial score (nSPS) is 12.4. The molecule has 2 rings (SSSR count). The second-order valence-electron chi connectivity index (χ2n) is 5.70. The molecule has 2 aromatic rings. The highest BCUT2D eigenvalue weighted by Crippen LogP contribution is 2.19. The van der Waals surface area contributed by atoms with Crippen LogP contribution in [0.2, 0.25) is 0 Å². The fraction of sp³-hybridized carbons (Fsp3) is 0.222. The van der Waals surface area contributed by atoms with Gasteiger partial charge in [0.05, 0.1) is 11.7 Å². The van der Waals surface area contributed by atoms with Crippen molar-refractivity contribution in [3.63, 3.8) is 0 Å². The van der Waals surface area contributed by atoms with Crippen LogP contribution in [0, 0.1) is 0 Å². The molecule has 0 bridgehead atoms. The zero-order valence-corrected chi connectivity index (χ0v) is 14.6. The average molecular weight is 360 g/mol. The average Bonchev–Trinajstić information content (AvgIpc) is 2.60. The molecule has 25 heavy (non-hydrogen) atoms. The van der Waals surface area contributed by atoms with Crippen molar-refractivity contribution in [3.8, 4) is 0 Å². The lowest BCUT2D eigenvalue weighted by Crippen LogP contribution is -2.34. The van der Waals surface area contributed by atoms with Crippen LogP contribution < -0.4 is 10.5 Å². The summed E-state index contributed by atoms with van der Waals surface area (Å²) in [6.45, 7) is 1.64. The summed E-state index contributed by atoms with van der Waals surface area (Å²) in [7, 11) is -3.62. The van der Waals surface area contributed by atoms with E-state index in [1.165, 1.54) is 0 Å². The van der Waals surface area contributed by atoms with Gasteiger partial charge in [0.15, 0.2) is 5.78 Å². The zero-order valence-electron chi connectivity index (χ0n) is 13.8.